The minimum atomic E-state index is -3.64. The van der Waals surface area contributed by atoms with Crippen LogP contribution in [0.25, 0.3) is 22.7 Å². The summed E-state index contributed by atoms with van der Waals surface area (Å²) in [7, 11) is 0. The summed E-state index contributed by atoms with van der Waals surface area (Å²) >= 11 is 0. The Balaban J connectivity index is 1.51. The van der Waals surface area contributed by atoms with Crippen molar-refractivity contribution in [3.8, 4) is 34.5 Å². The van der Waals surface area contributed by atoms with Crippen LogP contribution in [0.1, 0.15) is 37.3 Å². The average molecular weight is 599 g/mol. The maximum absolute atomic E-state index is 15.3. The second kappa shape index (κ2) is 11.1. The molecule has 9 nitrogen and oxygen atoms in total. The van der Waals surface area contributed by atoms with Crippen molar-refractivity contribution in [2.45, 2.75) is 50.8 Å². The molecule has 0 spiro atoms. The molecule has 0 radical (unpaired) electrons. The predicted octanol–water partition coefficient (Wildman–Crippen LogP) is 5.70. The highest BCUT2D eigenvalue weighted by atomic mass is 19.3. The first-order valence-corrected chi connectivity index (χ1v) is 12.8. The number of rotatable bonds is 7. The number of amides is 1. The van der Waals surface area contributed by atoms with Crippen LogP contribution < -0.4 is 15.4 Å². The molecule has 2 N–H and O–H groups in total. The van der Waals surface area contributed by atoms with E-state index < -0.39 is 47.7 Å². The lowest BCUT2D eigenvalue weighted by Gasteiger charge is -2.25. The normalized spacial score (nSPS) is 16.5. The quantitative estimate of drug-likeness (QED) is 0.268. The summed E-state index contributed by atoms with van der Waals surface area (Å²) in [5.41, 5.74) is 4.88. The van der Waals surface area contributed by atoms with Gasteiger partial charge in [-0.25, -0.2) is 13.2 Å². The van der Waals surface area contributed by atoms with E-state index >= 15 is 13.2 Å². The summed E-state index contributed by atoms with van der Waals surface area (Å²) in [6.45, 7) is -0.164. The summed E-state index contributed by atoms with van der Waals surface area (Å²) in [6, 6.07) is 11.4. The van der Waals surface area contributed by atoms with Gasteiger partial charge in [-0.3, -0.25) is 9.78 Å². The molecule has 3 heterocycles. The van der Waals surface area contributed by atoms with Crippen LogP contribution in [0.2, 0.25) is 0 Å². The minimum Gasteiger partial charge on any atom is -0.433 e. The Morgan fingerprint density at radius 2 is 1.91 bits per heavy atom. The standard InChI is InChI=1S/C29H23F5N6O3/c1-28(2,14-35)26-39-38-24(43-26)18-9-23-19(10-20(18)30)29(33,34)11-21(36)25(41)40(23)13-15-3-5-16(6-4-15)22-8-7-17(12-37-22)42-27(31)32/h3-10,12,21,27H,11,13,36H2,1-2H3/t21-/m0/s1. The maximum Gasteiger partial charge on any atom is 0.387 e. The fourth-order valence-electron chi connectivity index (χ4n) is 4.52. The minimum absolute atomic E-state index is 0.106. The number of ether oxygens (including phenoxy) is 1. The van der Waals surface area contributed by atoms with Crippen molar-refractivity contribution in [3.63, 3.8) is 0 Å². The van der Waals surface area contributed by atoms with Crippen LogP contribution in [0.4, 0.5) is 27.6 Å². The van der Waals surface area contributed by atoms with Crippen LogP contribution in [0, 0.1) is 17.1 Å². The highest BCUT2D eigenvalue weighted by molar-refractivity contribution is 5.99. The summed E-state index contributed by atoms with van der Waals surface area (Å²) in [4.78, 5) is 18.5. The molecule has 5 rings (SSSR count). The van der Waals surface area contributed by atoms with E-state index in [9.17, 15) is 18.8 Å². The molecule has 0 bridgehead atoms. The van der Waals surface area contributed by atoms with Gasteiger partial charge in [-0.05, 0) is 43.7 Å². The lowest BCUT2D eigenvalue weighted by Crippen LogP contribution is -2.43. The van der Waals surface area contributed by atoms with Crippen LogP contribution in [0.5, 0.6) is 5.75 Å². The summed E-state index contributed by atoms with van der Waals surface area (Å²) in [5.74, 6) is -6.11. The molecule has 1 atom stereocenters. The Morgan fingerprint density at radius 3 is 2.53 bits per heavy atom. The molecule has 0 unspecified atom stereocenters. The van der Waals surface area contributed by atoms with Crippen LogP contribution in [-0.2, 0) is 22.7 Å². The lowest BCUT2D eigenvalue weighted by atomic mass is 9.96. The highest BCUT2D eigenvalue weighted by Crippen LogP contribution is 2.45. The van der Waals surface area contributed by atoms with Gasteiger partial charge in [0.15, 0.2) is 0 Å². The number of nitrogens with zero attached hydrogens (tertiary/aromatic N) is 5. The van der Waals surface area contributed by atoms with Crippen molar-refractivity contribution >= 4 is 11.6 Å². The SMILES string of the molecule is CC(C)(C#N)c1nnc(-c2cc3c(cc2F)C(F)(F)C[C@H](N)C(=O)N3Cc2ccc(-c3ccc(OC(F)F)cn3)cc2)o1. The average Bonchev–Trinajstić information content (AvgIpc) is 3.45. The van der Waals surface area contributed by atoms with E-state index in [1.54, 1.807) is 24.3 Å². The first-order valence-electron chi connectivity index (χ1n) is 12.8. The van der Waals surface area contributed by atoms with Gasteiger partial charge >= 0.3 is 6.61 Å². The molecule has 43 heavy (non-hydrogen) atoms. The van der Waals surface area contributed by atoms with Crippen LogP contribution in [0.15, 0.2) is 59.1 Å². The number of fused-ring (bicyclic) bond motifs is 1. The van der Waals surface area contributed by atoms with Crippen molar-refractivity contribution in [2.24, 2.45) is 5.73 Å². The number of carbonyl (C=O) groups excluding carboxylic acids is 1. The second-order valence-electron chi connectivity index (χ2n) is 10.4. The third-order valence-electron chi connectivity index (χ3n) is 6.85. The monoisotopic (exact) mass is 598 g/mol. The second-order valence-corrected chi connectivity index (χ2v) is 10.4. The Morgan fingerprint density at radius 1 is 1.19 bits per heavy atom. The van der Waals surface area contributed by atoms with Crippen molar-refractivity contribution in [1.82, 2.24) is 15.2 Å². The van der Waals surface area contributed by atoms with Gasteiger partial charge in [0.05, 0.1) is 41.8 Å². The van der Waals surface area contributed by atoms with Crippen LogP contribution >= 0.6 is 0 Å². The Kier molecular flexibility index (Phi) is 7.61. The van der Waals surface area contributed by atoms with Crippen molar-refractivity contribution in [1.29, 1.82) is 5.26 Å². The number of nitrogens with two attached hydrogens (primary N) is 1. The zero-order valence-corrected chi connectivity index (χ0v) is 22.7. The number of alkyl halides is 4. The van der Waals surface area contributed by atoms with E-state index in [1.165, 1.54) is 26.0 Å². The number of pyridine rings is 1. The van der Waals surface area contributed by atoms with Crippen molar-refractivity contribution in [2.75, 3.05) is 4.90 Å². The number of nitriles is 1. The lowest BCUT2D eigenvalue weighted by molar-refractivity contribution is -0.122. The van der Waals surface area contributed by atoms with E-state index in [-0.39, 0.29) is 35.3 Å². The molecule has 0 saturated heterocycles. The number of hydrogen-bond acceptors (Lipinski definition) is 8. The Bertz CT molecular complexity index is 1700. The van der Waals surface area contributed by atoms with E-state index in [0.29, 0.717) is 22.9 Å². The largest absolute Gasteiger partial charge is 0.433 e. The molecule has 1 amide bonds. The third kappa shape index (κ3) is 5.89. The zero-order valence-electron chi connectivity index (χ0n) is 22.7. The van der Waals surface area contributed by atoms with Gasteiger partial charge in [-0.15, -0.1) is 10.2 Å². The molecule has 0 aliphatic carbocycles. The van der Waals surface area contributed by atoms with Crippen molar-refractivity contribution < 1.29 is 35.9 Å². The molecule has 0 fully saturated rings. The fraction of sp³-hybridized carbons (Fsp3) is 0.276. The van der Waals surface area contributed by atoms with Gasteiger partial charge < -0.3 is 19.8 Å². The topological polar surface area (TPSA) is 131 Å². The molecule has 4 aromatic rings. The highest BCUT2D eigenvalue weighted by Gasteiger charge is 2.45. The first kappa shape index (κ1) is 29.6. The Labute approximate surface area is 241 Å². The fourth-order valence-corrected chi connectivity index (χ4v) is 4.52. The zero-order chi connectivity index (χ0) is 31.1. The molecule has 14 heteroatoms. The number of halogens is 5. The molecule has 0 saturated carbocycles. The maximum atomic E-state index is 15.3. The molecule has 2 aromatic heterocycles. The number of carbonyl (C=O) groups is 1. The number of anilines is 1. The van der Waals surface area contributed by atoms with E-state index in [4.69, 9.17) is 10.2 Å². The summed E-state index contributed by atoms with van der Waals surface area (Å²) < 4.78 is 80.5. The number of benzene rings is 2. The van der Waals surface area contributed by atoms with Gasteiger partial charge in [0.25, 0.3) is 11.8 Å². The Hall–Kier alpha value is -4.90. The van der Waals surface area contributed by atoms with Crippen LogP contribution in [0.3, 0.4) is 0 Å². The van der Waals surface area contributed by atoms with E-state index in [2.05, 4.69) is 19.9 Å². The molecule has 2 aromatic carbocycles. The summed E-state index contributed by atoms with van der Waals surface area (Å²) in [5, 5.41) is 17.0. The smallest absolute Gasteiger partial charge is 0.387 e. The van der Waals surface area contributed by atoms with Crippen LogP contribution in [-0.4, -0.2) is 33.7 Å². The molecule has 222 valence electrons. The first-order chi connectivity index (χ1) is 20.3. The van der Waals surface area contributed by atoms with Gasteiger partial charge in [0, 0.05) is 17.5 Å². The van der Waals surface area contributed by atoms with E-state index in [1.807, 2.05) is 6.07 Å². The third-order valence-corrected chi connectivity index (χ3v) is 6.85. The van der Waals surface area contributed by atoms with Gasteiger partial charge in [-0.1, -0.05) is 24.3 Å². The predicted molar refractivity (Wildman–Crippen MR) is 142 cm³/mol. The van der Waals surface area contributed by atoms with E-state index in [0.717, 1.165) is 17.2 Å². The van der Waals surface area contributed by atoms with Gasteiger partial charge in [0.2, 0.25) is 11.8 Å². The number of aromatic nitrogens is 3. The van der Waals surface area contributed by atoms with Gasteiger partial charge in [0.1, 0.15) is 17.0 Å². The van der Waals surface area contributed by atoms with Crippen molar-refractivity contribution in [3.05, 3.63) is 77.6 Å². The molecule has 1 aliphatic rings. The van der Waals surface area contributed by atoms with Gasteiger partial charge in [-0.2, -0.15) is 14.0 Å². The molecular formula is C29H23F5N6O3. The molecule has 1 aliphatic heterocycles. The molecular weight excluding hydrogens is 575 g/mol. The number of hydrogen-bond donors (Lipinski definition) is 1. The summed E-state index contributed by atoms with van der Waals surface area (Å²) in [6.07, 6.45) is 0.110.